The molecule has 0 N–H and O–H groups in total. The highest BCUT2D eigenvalue weighted by atomic mass is 32.1. The second-order valence-electron chi connectivity index (χ2n) is 4.99. The van der Waals surface area contributed by atoms with Crippen LogP contribution in [-0.2, 0) is 9.31 Å². The van der Waals surface area contributed by atoms with Crippen LogP contribution < -0.4 is 5.46 Å². The van der Waals surface area contributed by atoms with Crippen LogP contribution in [0.4, 0.5) is 0 Å². The van der Waals surface area contributed by atoms with Gasteiger partial charge in [-0.25, -0.2) is 0 Å². The van der Waals surface area contributed by atoms with Gasteiger partial charge in [0.15, 0.2) is 6.29 Å². The lowest BCUT2D eigenvalue weighted by molar-refractivity contribution is 0.00578. The van der Waals surface area contributed by atoms with E-state index in [0.717, 1.165) is 11.7 Å². The Morgan fingerprint density at radius 2 is 1.75 bits per heavy atom. The molecule has 2 rings (SSSR count). The minimum Gasteiger partial charge on any atom is -0.399 e. The van der Waals surface area contributed by atoms with Gasteiger partial charge in [0.2, 0.25) is 0 Å². The summed E-state index contributed by atoms with van der Waals surface area (Å²) in [5.74, 6) is 0. The maximum Gasteiger partial charge on any atom is 0.496 e. The zero-order valence-electron chi connectivity index (χ0n) is 9.94. The number of aldehydes is 1. The lowest BCUT2D eigenvalue weighted by Gasteiger charge is -2.32. The molecule has 1 fully saturated rings. The number of carbonyl (C=O) groups excluding carboxylic acids is 1. The Balaban J connectivity index is 2.30. The van der Waals surface area contributed by atoms with Gasteiger partial charge in [-0.1, -0.05) is 0 Å². The fraction of sp³-hybridized carbons (Fsp3) is 0.545. The highest BCUT2D eigenvalue weighted by Crippen LogP contribution is 2.36. The average Bonchev–Trinajstić information content (AvgIpc) is 2.69. The molecule has 3 nitrogen and oxygen atoms in total. The first kappa shape index (κ1) is 11.8. The number of rotatable bonds is 2. The smallest absolute Gasteiger partial charge is 0.399 e. The Labute approximate surface area is 99.9 Å². The number of carbonyl (C=O) groups is 1. The standard InChI is InChI=1S/C11H15BO3S/c1-10(2)11(3,4)15-12(14-10)9-7-16-6-8(9)5-13/h5-7H,1-4H3. The SMILES string of the molecule is CC1(C)OB(c2cscc2C=O)OC1(C)C. The van der Waals surface area contributed by atoms with E-state index in [-0.39, 0.29) is 11.2 Å². The van der Waals surface area contributed by atoms with Crippen molar-refractivity contribution in [1.82, 2.24) is 0 Å². The second kappa shape index (κ2) is 3.69. The van der Waals surface area contributed by atoms with Crippen LogP contribution in [0.3, 0.4) is 0 Å². The first-order valence-corrected chi connectivity index (χ1v) is 6.18. The Kier molecular flexibility index (Phi) is 2.73. The van der Waals surface area contributed by atoms with Crippen molar-refractivity contribution >= 4 is 30.2 Å². The van der Waals surface area contributed by atoms with Crippen molar-refractivity contribution < 1.29 is 14.1 Å². The molecule has 1 saturated heterocycles. The number of hydrogen-bond donors (Lipinski definition) is 0. The van der Waals surface area contributed by atoms with Crippen LogP contribution in [0.1, 0.15) is 38.1 Å². The fourth-order valence-corrected chi connectivity index (χ4v) is 2.37. The molecule has 16 heavy (non-hydrogen) atoms. The molecule has 2 heterocycles. The van der Waals surface area contributed by atoms with Gasteiger partial charge in [0, 0.05) is 16.4 Å². The van der Waals surface area contributed by atoms with Crippen molar-refractivity contribution in [2.45, 2.75) is 38.9 Å². The van der Waals surface area contributed by atoms with Gasteiger partial charge in [0.25, 0.3) is 0 Å². The third-order valence-electron chi connectivity index (χ3n) is 3.36. The zero-order chi connectivity index (χ0) is 12.0. The van der Waals surface area contributed by atoms with E-state index in [0.29, 0.717) is 5.56 Å². The van der Waals surface area contributed by atoms with Crippen molar-refractivity contribution in [3.63, 3.8) is 0 Å². The largest absolute Gasteiger partial charge is 0.496 e. The van der Waals surface area contributed by atoms with Crippen LogP contribution in [0.5, 0.6) is 0 Å². The lowest BCUT2D eigenvalue weighted by atomic mass is 9.79. The van der Waals surface area contributed by atoms with Crippen LogP contribution >= 0.6 is 11.3 Å². The predicted molar refractivity (Wildman–Crippen MR) is 65.4 cm³/mol. The second-order valence-corrected chi connectivity index (χ2v) is 5.73. The van der Waals surface area contributed by atoms with Gasteiger partial charge in [-0.05, 0) is 33.1 Å². The minimum absolute atomic E-state index is 0.361. The molecule has 0 spiro atoms. The molecule has 1 aliphatic heterocycles. The first-order valence-electron chi connectivity index (χ1n) is 5.24. The van der Waals surface area contributed by atoms with Gasteiger partial charge < -0.3 is 9.31 Å². The van der Waals surface area contributed by atoms with Gasteiger partial charge in [-0.3, -0.25) is 4.79 Å². The summed E-state index contributed by atoms with van der Waals surface area (Å²) in [6, 6.07) is 0. The molecule has 0 aliphatic carbocycles. The number of thiophene rings is 1. The molecule has 0 radical (unpaired) electrons. The third-order valence-corrected chi connectivity index (χ3v) is 4.14. The van der Waals surface area contributed by atoms with Crippen molar-refractivity contribution in [2.24, 2.45) is 0 Å². The Bertz CT molecular complexity index is 395. The summed E-state index contributed by atoms with van der Waals surface area (Å²) >= 11 is 1.49. The number of hydrogen-bond acceptors (Lipinski definition) is 4. The summed E-state index contributed by atoms with van der Waals surface area (Å²) in [6.07, 6.45) is 0.844. The molecule has 1 aromatic rings. The van der Waals surface area contributed by atoms with Crippen LogP contribution in [0.25, 0.3) is 0 Å². The van der Waals surface area contributed by atoms with E-state index in [2.05, 4.69) is 0 Å². The van der Waals surface area contributed by atoms with Crippen molar-refractivity contribution in [1.29, 1.82) is 0 Å². The summed E-state index contributed by atoms with van der Waals surface area (Å²) in [7, 11) is -0.434. The van der Waals surface area contributed by atoms with Crippen molar-refractivity contribution in [2.75, 3.05) is 0 Å². The van der Waals surface area contributed by atoms with E-state index in [1.54, 1.807) is 0 Å². The van der Waals surface area contributed by atoms with E-state index in [4.69, 9.17) is 9.31 Å². The summed E-state index contributed by atoms with van der Waals surface area (Å²) in [4.78, 5) is 10.9. The molecule has 5 heteroatoms. The van der Waals surface area contributed by atoms with E-state index in [1.165, 1.54) is 11.3 Å². The molecular weight excluding hydrogens is 223 g/mol. The van der Waals surface area contributed by atoms with Crippen LogP contribution in [-0.4, -0.2) is 24.6 Å². The fourth-order valence-electron chi connectivity index (χ4n) is 1.57. The van der Waals surface area contributed by atoms with Gasteiger partial charge in [-0.2, -0.15) is 11.3 Å². The monoisotopic (exact) mass is 238 g/mol. The molecule has 0 saturated carbocycles. The summed E-state index contributed by atoms with van der Waals surface area (Å²) in [6.45, 7) is 8.00. The Morgan fingerprint density at radius 1 is 1.19 bits per heavy atom. The van der Waals surface area contributed by atoms with Gasteiger partial charge in [-0.15, -0.1) is 0 Å². The van der Waals surface area contributed by atoms with Crippen LogP contribution in [0.2, 0.25) is 0 Å². The maximum absolute atomic E-state index is 10.9. The third kappa shape index (κ3) is 1.73. The van der Waals surface area contributed by atoms with E-state index in [1.807, 2.05) is 38.5 Å². The average molecular weight is 238 g/mol. The topological polar surface area (TPSA) is 35.5 Å². The normalized spacial score (nSPS) is 22.4. The van der Waals surface area contributed by atoms with Crippen molar-refractivity contribution in [3.05, 3.63) is 16.3 Å². The molecule has 0 amide bonds. The molecular formula is C11H15BO3S. The molecule has 0 aromatic carbocycles. The van der Waals surface area contributed by atoms with E-state index in [9.17, 15) is 4.79 Å². The maximum atomic E-state index is 10.9. The molecule has 1 aromatic heterocycles. The highest BCUT2D eigenvalue weighted by molar-refractivity contribution is 7.09. The van der Waals surface area contributed by atoms with Crippen molar-refractivity contribution in [3.8, 4) is 0 Å². The Hall–Kier alpha value is -0.645. The van der Waals surface area contributed by atoms with Gasteiger partial charge in [0.05, 0.1) is 11.2 Å². The summed E-state index contributed by atoms with van der Waals surface area (Å²) in [5.41, 5.74) is 0.765. The molecule has 1 aliphatic rings. The summed E-state index contributed by atoms with van der Waals surface area (Å²) < 4.78 is 11.8. The van der Waals surface area contributed by atoms with Crippen LogP contribution in [0.15, 0.2) is 10.8 Å². The van der Waals surface area contributed by atoms with Gasteiger partial charge >= 0.3 is 7.12 Å². The molecule has 0 bridgehead atoms. The predicted octanol–water partition coefficient (Wildman–Crippen LogP) is 1.86. The summed E-state index contributed by atoms with van der Waals surface area (Å²) in [5, 5.41) is 3.72. The quantitative estimate of drug-likeness (QED) is 0.582. The van der Waals surface area contributed by atoms with E-state index >= 15 is 0 Å². The Morgan fingerprint density at radius 3 is 2.25 bits per heavy atom. The first-order chi connectivity index (χ1) is 7.37. The molecule has 0 atom stereocenters. The lowest BCUT2D eigenvalue weighted by Crippen LogP contribution is -2.41. The van der Waals surface area contributed by atoms with Crippen LogP contribution in [0, 0.1) is 0 Å². The molecule has 86 valence electrons. The highest BCUT2D eigenvalue weighted by Gasteiger charge is 2.52. The zero-order valence-corrected chi connectivity index (χ0v) is 10.8. The van der Waals surface area contributed by atoms with E-state index < -0.39 is 7.12 Å². The minimum atomic E-state index is -0.434. The van der Waals surface area contributed by atoms with Gasteiger partial charge in [0.1, 0.15) is 0 Å². The molecule has 0 unspecified atom stereocenters.